The molecule has 120 valence electrons. The number of rotatable bonds is 4. The number of nitrogens with one attached hydrogen (secondary N) is 2. The Kier molecular flexibility index (Phi) is 3.42. The van der Waals surface area contributed by atoms with Crippen molar-refractivity contribution in [3.63, 3.8) is 0 Å². The third-order valence-electron chi connectivity index (χ3n) is 3.88. The van der Waals surface area contributed by atoms with Crippen LogP contribution in [-0.2, 0) is 0 Å². The highest BCUT2D eigenvalue weighted by Crippen LogP contribution is 2.33. The summed E-state index contributed by atoms with van der Waals surface area (Å²) in [5, 5.41) is 3.27. The Morgan fingerprint density at radius 1 is 1.21 bits per heavy atom. The van der Waals surface area contributed by atoms with Crippen molar-refractivity contribution in [2.75, 3.05) is 12.4 Å². The molecule has 2 aromatic heterocycles. The lowest BCUT2D eigenvalue weighted by molar-refractivity contribution is 0.415. The fraction of sp³-hybridized carbons (Fsp3) is 0.111. The molecular weight excluding hydrogens is 304 g/mol. The van der Waals surface area contributed by atoms with E-state index in [0.29, 0.717) is 17.5 Å². The first-order valence-electron chi connectivity index (χ1n) is 7.54. The van der Waals surface area contributed by atoms with E-state index >= 15 is 0 Å². The summed E-state index contributed by atoms with van der Waals surface area (Å²) in [7, 11) is 1.63. The second-order valence-electron chi connectivity index (χ2n) is 5.46. The highest BCUT2D eigenvalue weighted by molar-refractivity contribution is 5.81. The first-order valence-corrected chi connectivity index (χ1v) is 7.54. The van der Waals surface area contributed by atoms with Crippen LogP contribution in [0.1, 0.15) is 5.56 Å². The first kappa shape index (κ1) is 14.3. The van der Waals surface area contributed by atoms with Gasteiger partial charge < -0.3 is 19.5 Å². The normalized spacial score (nSPS) is 10.9. The van der Waals surface area contributed by atoms with Gasteiger partial charge in [0.25, 0.3) is 0 Å². The van der Waals surface area contributed by atoms with Gasteiger partial charge in [0.15, 0.2) is 12.2 Å². The molecule has 0 radical (unpaired) electrons. The number of oxazole rings is 1. The van der Waals surface area contributed by atoms with E-state index in [9.17, 15) is 0 Å². The zero-order chi connectivity index (χ0) is 16.5. The number of nitrogens with zero attached hydrogens (tertiary/aromatic N) is 2. The van der Waals surface area contributed by atoms with Gasteiger partial charge in [-0.25, -0.2) is 9.97 Å². The highest BCUT2D eigenvalue weighted by Gasteiger charge is 2.11. The lowest BCUT2D eigenvalue weighted by Gasteiger charge is -2.09. The Bertz CT molecular complexity index is 990. The first-order chi connectivity index (χ1) is 11.7. The molecule has 4 aromatic rings. The van der Waals surface area contributed by atoms with Crippen molar-refractivity contribution < 1.29 is 9.15 Å². The summed E-state index contributed by atoms with van der Waals surface area (Å²) in [5.41, 5.74) is 4.82. The number of hydrogen-bond donors (Lipinski definition) is 2. The Hall–Kier alpha value is -3.28. The smallest absolute Gasteiger partial charge is 0.205 e. The molecule has 2 heterocycles. The molecule has 24 heavy (non-hydrogen) atoms. The average Bonchev–Trinajstić information content (AvgIpc) is 3.25. The van der Waals surface area contributed by atoms with Gasteiger partial charge in [-0.15, -0.1) is 0 Å². The van der Waals surface area contributed by atoms with E-state index in [1.54, 1.807) is 13.3 Å². The largest absolute Gasteiger partial charge is 0.496 e. The monoisotopic (exact) mass is 320 g/mol. The number of para-hydroxylation sites is 1. The summed E-state index contributed by atoms with van der Waals surface area (Å²) in [6, 6.07) is 11.8. The predicted octanol–water partition coefficient (Wildman–Crippen LogP) is 4.28. The van der Waals surface area contributed by atoms with E-state index < -0.39 is 0 Å². The average molecular weight is 320 g/mol. The van der Waals surface area contributed by atoms with Gasteiger partial charge in [-0.3, -0.25) is 0 Å². The molecule has 0 saturated carbocycles. The molecular formula is C18H16N4O2. The van der Waals surface area contributed by atoms with E-state index in [0.717, 1.165) is 27.8 Å². The second kappa shape index (κ2) is 5.73. The maximum atomic E-state index is 5.47. The number of aromatic nitrogens is 3. The molecule has 0 aliphatic heterocycles. The summed E-state index contributed by atoms with van der Waals surface area (Å²) in [6.07, 6.45) is 3.06. The molecule has 0 aliphatic carbocycles. The van der Waals surface area contributed by atoms with Gasteiger partial charge in [0, 0.05) is 11.8 Å². The van der Waals surface area contributed by atoms with Gasteiger partial charge >= 0.3 is 0 Å². The number of imidazole rings is 1. The van der Waals surface area contributed by atoms with Crippen LogP contribution in [0, 0.1) is 6.92 Å². The fourth-order valence-electron chi connectivity index (χ4n) is 2.69. The number of ether oxygens (including phenoxy) is 1. The van der Waals surface area contributed by atoms with Crippen LogP contribution in [0.3, 0.4) is 0 Å². The maximum absolute atomic E-state index is 5.47. The van der Waals surface area contributed by atoms with Crippen LogP contribution >= 0.6 is 0 Å². The zero-order valence-electron chi connectivity index (χ0n) is 13.3. The number of benzene rings is 2. The quantitative estimate of drug-likeness (QED) is 0.587. The molecule has 2 aromatic carbocycles. The van der Waals surface area contributed by atoms with Crippen molar-refractivity contribution in [2.45, 2.75) is 6.92 Å². The summed E-state index contributed by atoms with van der Waals surface area (Å²) < 4.78 is 10.8. The number of H-pyrrole nitrogens is 1. The van der Waals surface area contributed by atoms with Crippen LogP contribution in [-0.4, -0.2) is 22.1 Å². The lowest BCUT2D eigenvalue weighted by Crippen LogP contribution is -1.94. The Labute approximate surface area is 138 Å². The third kappa shape index (κ3) is 2.48. The van der Waals surface area contributed by atoms with Gasteiger partial charge in [-0.2, -0.15) is 0 Å². The Morgan fingerprint density at radius 3 is 2.88 bits per heavy atom. The van der Waals surface area contributed by atoms with Gasteiger partial charge in [0.1, 0.15) is 5.75 Å². The maximum Gasteiger partial charge on any atom is 0.205 e. The van der Waals surface area contributed by atoms with Crippen molar-refractivity contribution in [1.82, 2.24) is 15.0 Å². The summed E-state index contributed by atoms with van der Waals surface area (Å²) in [6.45, 7) is 2.04. The van der Waals surface area contributed by atoms with Crippen molar-refractivity contribution in [1.29, 1.82) is 0 Å². The van der Waals surface area contributed by atoms with Crippen molar-refractivity contribution >= 4 is 22.7 Å². The summed E-state index contributed by atoms with van der Waals surface area (Å²) >= 11 is 0. The predicted molar refractivity (Wildman–Crippen MR) is 92.6 cm³/mol. The molecule has 0 unspecified atom stereocenters. The third-order valence-corrected chi connectivity index (χ3v) is 3.88. The van der Waals surface area contributed by atoms with Gasteiger partial charge in [-0.1, -0.05) is 12.1 Å². The van der Waals surface area contributed by atoms with Crippen LogP contribution in [0.15, 0.2) is 53.4 Å². The van der Waals surface area contributed by atoms with Crippen LogP contribution < -0.4 is 10.1 Å². The topological polar surface area (TPSA) is 76.0 Å². The van der Waals surface area contributed by atoms with E-state index in [1.165, 1.54) is 6.39 Å². The van der Waals surface area contributed by atoms with E-state index in [2.05, 4.69) is 20.3 Å². The Morgan fingerprint density at radius 2 is 2.12 bits per heavy atom. The zero-order valence-corrected chi connectivity index (χ0v) is 13.3. The van der Waals surface area contributed by atoms with Gasteiger partial charge in [-0.05, 0) is 30.7 Å². The van der Waals surface area contributed by atoms with E-state index in [-0.39, 0.29) is 0 Å². The number of methoxy groups -OCH3 is 1. The Balaban J connectivity index is 1.67. The number of aromatic amines is 1. The number of anilines is 2. The van der Waals surface area contributed by atoms with Crippen molar-refractivity contribution in [3.8, 4) is 17.1 Å². The number of aryl methyl sites for hydroxylation is 1. The number of hydrogen-bond acceptors (Lipinski definition) is 5. The standard InChI is InChI=1S/C18H16N4O2/c1-11-4-3-5-14-17(11)22-18(21-14)20-12-6-7-13(15(8-12)23-2)16-9-19-10-24-16/h3-10H,1-2H3,(H2,20,21,22). The van der Waals surface area contributed by atoms with Crippen molar-refractivity contribution in [3.05, 3.63) is 54.6 Å². The molecule has 0 saturated heterocycles. The van der Waals surface area contributed by atoms with Gasteiger partial charge in [0.2, 0.25) is 5.95 Å². The highest BCUT2D eigenvalue weighted by atomic mass is 16.5. The molecule has 6 heteroatoms. The molecule has 0 atom stereocenters. The molecule has 0 bridgehead atoms. The van der Waals surface area contributed by atoms with Crippen LogP contribution in [0.2, 0.25) is 0 Å². The molecule has 0 aliphatic rings. The van der Waals surface area contributed by atoms with E-state index in [4.69, 9.17) is 9.15 Å². The molecule has 0 amide bonds. The molecule has 0 spiro atoms. The molecule has 6 nitrogen and oxygen atoms in total. The van der Waals surface area contributed by atoms with Gasteiger partial charge in [0.05, 0.1) is 29.9 Å². The van der Waals surface area contributed by atoms with Crippen LogP contribution in [0.4, 0.5) is 11.6 Å². The lowest BCUT2D eigenvalue weighted by atomic mass is 10.1. The van der Waals surface area contributed by atoms with Crippen LogP contribution in [0.25, 0.3) is 22.4 Å². The molecule has 0 fully saturated rings. The second-order valence-corrected chi connectivity index (χ2v) is 5.46. The minimum Gasteiger partial charge on any atom is -0.496 e. The summed E-state index contributed by atoms with van der Waals surface area (Å²) in [4.78, 5) is 11.8. The minimum atomic E-state index is 0.665. The number of fused-ring (bicyclic) bond motifs is 1. The molecule has 2 N–H and O–H groups in total. The summed E-state index contributed by atoms with van der Waals surface area (Å²) in [5.74, 6) is 2.05. The fourth-order valence-corrected chi connectivity index (χ4v) is 2.69. The molecule has 4 rings (SSSR count). The SMILES string of the molecule is COc1cc(Nc2nc3c(C)cccc3[nH]2)ccc1-c1cnco1. The van der Waals surface area contributed by atoms with Crippen LogP contribution in [0.5, 0.6) is 5.75 Å². The van der Waals surface area contributed by atoms with Crippen molar-refractivity contribution in [2.24, 2.45) is 0 Å². The minimum absolute atomic E-state index is 0.665. The van der Waals surface area contributed by atoms with E-state index in [1.807, 2.05) is 43.3 Å².